The zero-order chi connectivity index (χ0) is 24.9. The number of nitrogens with zero attached hydrogens (tertiary/aromatic N) is 1. The molecule has 0 spiro atoms. The van der Waals surface area contributed by atoms with E-state index in [0.717, 1.165) is 6.42 Å². The van der Waals surface area contributed by atoms with Gasteiger partial charge < -0.3 is 10.1 Å². The Bertz CT molecular complexity index is 1300. The van der Waals surface area contributed by atoms with Crippen molar-refractivity contribution in [2.75, 3.05) is 16.8 Å². The Balaban J connectivity index is 1.20. The van der Waals surface area contributed by atoms with Crippen LogP contribution in [0.5, 0.6) is 0 Å². The number of ketones is 1. The van der Waals surface area contributed by atoms with Gasteiger partial charge in [0.2, 0.25) is 11.8 Å². The zero-order valence-corrected chi connectivity index (χ0v) is 19.3. The summed E-state index contributed by atoms with van der Waals surface area (Å²) < 4.78 is 5.08. The predicted molar refractivity (Wildman–Crippen MR) is 127 cm³/mol. The Morgan fingerprint density at radius 1 is 1.00 bits per heavy atom. The van der Waals surface area contributed by atoms with Crippen LogP contribution in [0.4, 0.5) is 11.4 Å². The van der Waals surface area contributed by atoms with Crippen LogP contribution in [0.2, 0.25) is 0 Å². The van der Waals surface area contributed by atoms with Crippen LogP contribution in [-0.4, -0.2) is 36.1 Å². The first kappa shape index (κ1) is 22.7. The maximum Gasteiger partial charge on any atom is 0.338 e. The molecule has 8 heteroatoms. The summed E-state index contributed by atoms with van der Waals surface area (Å²) in [6.45, 7) is 2.94. The van der Waals surface area contributed by atoms with E-state index >= 15 is 0 Å². The van der Waals surface area contributed by atoms with Crippen LogP contribution in [-0.2, 0) is 19.1 Å². The van der Waals surface area contributed by atoms with Crippen molar-refractivity contribution >= 4 is 40.8 Å². The molecule has 0 aromatic heterocycles. The maximum absolute atomic E-state index is 13.1. The maximum atomic E-state index is 13.1. The van der Waals surface area contributed by atoms with Crippen LogP contribution in [0, 0.1) is 23.7 Å². The summed E-state index contributed by atoms with van der Waals surface area (Å²) in [5, 5.41) is 2.58. The van der Waals surface area contributed by atoms with Gasteiger partial charge in [0.1, 0.15) is 0 Å². The topological polar surface area (TPSA) is 110 Å². The molecule has 5 rings (SSSR count). The molecule has 0 radical (unpaired) electrons. The molecule has 0 unspecified atom stereocenters. The Hall–Kier alpha value is -4.07. The number of hydrogen-bond donors (Lipinski definition) is 1. The third kappa shape index (κ3) is 3.95. The van der Waals surface area contributed by atoms with Gasteiger partial charge in [0.15, 0.2) is 12.4 Å². The molecule has 2 bridgehead atoms. The minimum atomic E-state index is -0.710. The molecule has 1 N–H and O–H groups in total. The van der Waals surface area contributed by atoms with Crippen molar-refractivity contribution in [3.8, 4) is 0 Å². The zero-order valence-electron chi connectivity index (χ0n) is 19.3. The molecule has 2 fully saturated rings. The molecule has 1 aliphatic heterocycles. The lowest BCUT2D eigenvalue weighted by Crippen LogP contribution is -2.33. The quantitative estimate of drug-likeness (QED) is 0.299. The van der Waals surface area contributed by atoms with Crippen molar-refractivity contribution in [2.24, 2.45) is 23.7 Å². The van der Waals surface area contributed by atoms with Gasteiger partial charge in [-0.25, -0.2) is 4.79 Å². The smallest absolute Gasteiger partial charge is 0.338 e. The lowest BCUT2D eigenvalue weighted by Gasteiger charge is -2.19. The molecular weight excluding hydrogens is 448 g/mol. The number of allylic oxidation sites excluding steroid dienone is 2. The number of fused-ring (bicyclic) bond motifs is 5. The van der Waals surface area contributed by atoms with Gasteiger partial charge in [-0.2, -0.15) is 0 Å². The Morgan fingerprint density at radius 3 is 2.43 bits per heavy atom. The van der Waals surface area contributed by atoms with Crippen LogP contribution in [0.15, 0.2) is 60.2 Å². The van der Waals surface area contributed by atoms with E-state index in [-0.39, 0.29) is 46.8 Å². The van der Waals surface area contributed by atoms with Gasteiger partial charge in [-0.05, 0) is 68.5 Å². The fourth-order valence-corrected chi connectivity index (χ4v) is 5.50. The van der Waals surface area contributed by atoms with E-state index in [0.29, 0.717) is 16.9 Å². The second-order valence-corrected chi connectivity index (χ2v) is 9.29. The first-order valence-corrected chi connectivity index (χ1v) is 11.5. The molecule has 8 nitrogen and oxygen atoms in total. The molecule has 1 saturated heterocycles. The molecule has 2 aromatic carbocycles. The third-order valence-corrected chi connectivity index (χ3v) is 7.13. The molecule has 2 aliphatic carbocycles. The van der Waals surface area contributed by atoms with E-state index in [9.17, 15) is 24.0 Å². The molecular formula is C27H24N2O6. The Labute approximate surface area is 201 Å². The number of rotatable bonds is 6. The average molecular weight is 472 g/mol. The number of carbonyl (C=O) groups excluding carboxylic acids is 5. The second-order valence-electron chi connectivity index (χ2n) is 9.29. The lowest BCUT2D eigenvalue weighted by atomic mass is 9.82. The van der Waals surface area contributed by atoms with Crippen LogP contribution in [0.3, 0.4) is 0 Å². The highest BCUT2D eigenvalue weighted by molar-refractivity contribution is 6.23. The summed E-state index contributed by atoms with van der Waals surface area (Å²) >= 11 is 0. The van der Waals surface area contributed by atoms with Crippen LogP contribution >= 0.6 is 0 Å². The molecule has 4 atom stereocenters. The fraction of sp³-hybridized carbons (Fsp3) is 0.296. The van der Waals surface area contributed by atoms with E-state index in [1.165, 1.54) is 29.5 Å². The standard InChI is InChI=1S/C27H24N2O6/c1-14-10-18-12-21(14)24-23(18)25(32)29(26(24)33)20-8-6-16(7-9-20)27(34)35-13-22(31)28-19-5-3-4-17(11-19)15(2)30/h3-11,18,21,23-24H,12-13H2,1-2H3,(H,28,31)/t18-,21+,23+,24-/m0/s1. The highest BCUT2D eigenvalue weighted by Crippen LogP contribution is 2.55. The number of nitrogens with one attached hydrogen (secondary N) is 1. The van der Waals surface area contributed by atoms with Crippen LogP contribution < -0.4 is 10.2 Å². The van der Waals surface area contributed by atoms with E-state index < -0.39 is 18.5 Å². The number of anilines is 2. The SMILES string of the molecule is CC(=O)c1cccc(NC(=O)COC(=O)c2ccc(N3C(=O)[C@@H]4[C@H](C3=O)[C@H]3C=C(C)[C@H]4C3)cc2)c1. The summed E-state index contributed by atoms with van der Waals surface area (Å²) in [7, 11) is 0. The number of carbonyl (C=O) groups is 5. The summed E-state index contributed by atoms with van der Waals surface area (Å²) in [4.78, 5) is 63.3. The van der Waals surface area contributed by atoms with Gasteiger partial charge >= 0.3 is 5.97 Å². The molecule has 3 aliphatic rings. The average Bonchev–Trinajstić information content (AvgIpc) is 3.48. The molecule has 2 aromatic rings. The number of Topliss-reactive ketones (excluding diaryl/α,β-unsaturated/α-hetero) is 1. The van der Waals surface area contributed by atoms with Gasteiger partial charge in [-0.15, -0.1) is 0 Å². The molecule has 178 valence electrons. The van der Waals surface area contributed by atoms with Crippen molar-refractivity contribution in [1.29, 1.82) is 0 Å². The number of amides is 3. The van der Waals surface area contributed by atoms with Crippen molar-refractivity contribution in [3.05, 3.63) is 71.3 Å². The van der Waals surface area contributed by atoms with Gasteiger partial charge in [0, 0.05) is 11.3 Å². The van der Waals surface area contributed by atoms with Crippen molar-refractivity contribution in [1.82, 2.24) is 0 Å². The van der Waals surface area contributed by atoms with E-state index in [1.807, 2.05) is 6.92 Å². The van der Waals surface area contributed by atoms with Crippen molar-refractivity contribution in [2.45, 2.75) is 20.3 Å². The van der Waals surface area contributed by atoms with Gasteiger partial charge in [-0.3, -0.25) is 24.1 Å². The lowest BCUT2D eigenvalue weighted by molar-refractivity contribution is -0.123. The second kappa shape index (κ2) is 8.61. The van der Waals surface area contributed by atoms with Gasteiger partial charge in [0.05, 0.1) is 23.1 Å². The van der Waals surface area contributed by atoms with Gasteiger partial charge in [-0.1, -0.05) is 23.8 Å². The van der Waals surface area contributed by atoms with E-state index in [1.54, 1.807) is 36.4 Å². The van der Waals surface area contributed by atoms with Crippen molar-refractivity contribution < 1.29 is 28.7 Å². The first-order chi connectivity index (χ1) is 16.7. The fourth-order valence-electron chi connectivity index (χ4n) is 5.50. The van der Waals surface area contributed by atoms with E-state index in [2.05, 4.69) is 11.4 Å². The molecule has 1 saturated carbocycles. The number of esters is 1. The summed E-state index contributed by atoms with van der Waals surface area (Å²) in [5.74, 6) is -2.08. The Kier molecular flexibility index (Phi) is 5.59. The minimum absolute atomic E-state index is 0.122. The molecule has 3 amide bonds. The Morgan fingerprint density at radius 2 is 1.71 bits per heavy atom. The molecule has 1 heterocycles. The normalized spacial score (nSPS) is 24.3. The number of benzene rings is 2. The number of ether oxygens (including phenoxy) is 1. The van der Waals surface area contributed by atoms with Crippen LogP contribution in [0.25, 0.3) is 0 Å². The highest BCUT2D eigenvalue weighted by atomic mass is 16.5. The summed E-state index contributed by atoms with van der Waals surface area (Å²) in [5.41, 5.74) is 2.68. The van der Waals surface area contributed by atoms with Gasteiger partial charge in [0.25, 0.3) is 5.91 Å². The summed E-state index contributed by atoms with van der Waals surface area (Å²) in [6.07, 6.45) is 2.99. The monoisotopic (exact) mass is 472 g/mol. The third-order valence-electron chi connectivity index (χ3n) is 7.13. The summed E-state index contributed by atoms with van der Waals surface area (Å²) in [6, 6.07) is 12.5. The van der Waals surface area contributed by atoms with Crippen LogP contribution in [0.1, 0.15) is 41.0 Å². The number of imide groups is 1. The minimum Gasteiger partial charge on any atom is -0.452 e. The molecule has 35 heavy (non-hydrogen) atoms. The largest absolute Gasteiger partial charge is 0.452 e. The highest BCUT2D eigenvalue weighted by Gasteiger charge is 2.60. The first-order valence-electron chi connectivity index (χ1n) is 11.5. The van der Waals surface area contributed by atoms with Crippen molar-refractivity contribution in [3.63, 3.8) is 0 Å². The predicted octanol–water partition coefficient (Wildman–Crippen LogP) is 3.39. The van der Waals surface area contributed by atoms with E-state index in [4.69, 9.17) is 4.74 Å². The number of hydrogen-bond acceptors (Lipinski definition) is 6.